The van der Waals surface area contributed by atoms with Crippen LogP contribution in [-0.4, -0.2) is 17.6 Å². The lowest BCUT2D eigenvalue weighted by Gasteiger charge is -2.21. The zero-order valence-corrected chi connectivity index (χ0v) is 12.3. The van der Waals surface area contributed by atoms with Crippen LogP contribution in [0.1, 0.15) is 24.2 Å². The summed E-state index contributed by atoms with van der Waals surface area (Å²) in [5.41, 5.74) is 0.228. The van der Waals surface area contributed by atoms with E-state index < -0.39 is 36.1 Å². The summed E-state index contributed by atoms with van der Waals surface area (Å²) < 4.78 is 41.1. The molecule has 2 amide bonds. The predicted molar refractivity (Wildman–Crippen MR) is 78.8 cm³/mol. The molecular formula is C16H14F3N3O. The topological polar surface area (TPSA) is 45.2 Å². The lowest BCUT2D eigenvalue weighted by molar-refractivity contribution is 0.0108. The van der Waals surface area contributed by atoms with Gasteiger partial charge in [-0.1, -0.05) is 12.1 Å². The fourth-order valence-corrected chi connectivity index (χ4v) is 2.56. The molecular weight excluding hydrogens is 307 g/mol. The van der Waals surface area contributed by atoms with Gasteiger partial charge in [0.15, 0.2) is 0 Å². The summed E-state index contributed by atoms with van der Waals surface area (Å²) in [6.45, 7) is 0.895. The first-order chi connectivity index (χ1) is 10.9. The standard InChI is InChI=1S/C16H14F3N3O/c1-10(11-4-2-5-12(17)8-11)21-15(23)22-9-16(18,19)14-13(22)6-3-7-20-14/h2-8,10H,9H2,1H3,(H,21,23). The smallest absolute Gasteiger partial charge is 0.322 e. The molecule has 2 aromatic rings. The molecule has 1 atom stereocenters. The average Bonchev–Trinajstić information content (AvgIpc) is 2.79. The van der Waals surface area contributed by atoms with Crippen molar-refractivity contribution in [1.29, 1.82) is 0 Å². The van der Waals surface area contributed by atoms with Crippen molar-refractivity contribution in [2.24, 2.45) is 0 Å². The van der Waals surface area contributed by atoms with Crippen molar-refractivity contribution < 1.29 is 18.0 Å². The van der Waals surface area contributed by atoms with Crippen LogP contribution in [-0.2, 0) is 5.92 Å². The Morgan fingerprint density at radius 2 is 2.13 bits per heavy atom. The number of nitrogens with zero attached hydrogens (tertiary/aromatic N) is 2. The van der Waals surface area contributed by atoms with E-state index in [4.69, 9.17) is 0 Å². The first-order valence-electron chi connectivity index (χ1n) is 7.05. The van der Waals surface area contributed by atoms with Crippen molar-refractivity contribution in [3.63, 3.8) is 0 Å². The molecule has 23 heavy (non-hydrogen) atoms. The van der Waals surface area contributed by atoms with Crippen LogP contribution in [0.25, 0.3) is 0 Å². The molecule has 4 nitrogen and oxygen atoms in total. The van der Waals surface area contributed by atoms with Gasteiger partial charge < -0.3 is 5.32 Å². The number of nitrogens with one attached hydrogen (secondary N) is 1. The van der Waals surface area contributed by atoms with Gasteiger partial charge in [-0.05, 0) is 36.8 Å². The van der Waals surface area contributed by atoms with Gasteiger partial charge in [-0.15, -0.1) is 0 Å². The molecule has 0 spiro atoms. The number of amides is 2. The van der Waals surface area contributed by atoms with Crippen molar-refractivity contribution in [2.45, 2.75) is 18.9 Å². The van der Waals surface area contributed by atoms with Gasteiger partial charge in [0.05, 0.1) is 18.3 Å². The maximum atomic E-state index is 13.9. The van der Waals surface area contributed by atoms with Crippen LogP contribution in [0.15, 0.2) is 42.6 Å². The van der Waals surface area contributed by atoms with Gasteiger partial charge in [0.2, 0.25) is 0 Å². The summed E-state index contributed by atoms with van der Waals surface area (Å²) in [5.74, 6) is -3.61. The van der Waals surface area contributed by atoms with Crippen LogP contribution in [0, 0.1) is 5.82 Å². The summed E-state index contributed by atoms with van der Waals surface area (Å²) in [6, 6.07) is 7.49. The van der Waals surface area contributed by atoms with E-state index >= 15 is 0 Å². The Balaban J connectivity index is 1.80. The van der Waals surface area contributed by atoms with E-state index in [0.29, 0.717) is 5.56 Å². The maximum Gasteiger partial charge on any atom is 0.322 e. The van der Waals surface area contributed by atoms with E-state index in [1.54, 1.807) is 13.0 Å². The second-order valence-corrected chi connectivity index (χ2v) is 5.39. The largest absolute Gasteiger partial charge is 0.331 e. The van der Waals surface area contributed by atoms with Gasteiger partial charge in [0, 0.05) is 6.20 Å². The molecule has 1 unspecified atom stereocenters. The summed E-state index contributed by atoms with van der Waals surface area (Å²) >= 11 is 0. The second-order valence-electron chi connectivity index (χ2n) is 5.39. The van der Waals surface area contributed by atoms with Crippen molar-refractivity contribution >= 4 is 11.7 Å². The number of hydrogen-bond donors (Lipinski definition) is 1. The normalized spacial score (nSPS) is 16.8. The minimum Gasteiger partial charge on any atom is -0.331 e. The number of fused-ring (bicyclic) bond motifs is 1. The highest BCUT2D eigenvalue weighted by Gasteiger charge is 2.47. The summed E-state index contributed by atoms with van der Waals surface area (Å²) in [7, 11) is 0. The number of pyridine rings is 1. The van der Waals surface area contributed by atoms with Crippen molar-refractivity contribution in [2.75, 3.05) is 11.4 Å². The van der Waals surface area contributed by atoms with Crippen molar-refractivity contribution in [3.05, 3.63) is 59.7 Å². The van der Waals surface area contributed by atoms with Crippen LogP contribution in [0.5, 0.6) is 0 Å². The van der Waals surface area contributed by atoms with Crippen molar-refractivity contribution in [3.8, 4) is 0 Å². The monoisotopic (exact) mass is 321 g/mol. The number of benzene rings is 1. The molecule has 1 aliphatic rings. The molecule has 120 valence electrons. The molecule has 1 aromatic carbocycles. The molecule has 7 heteroatoms. The maximum absolute atomic E-state index is 13.9. The zero-order chi connectivity index (χ0) is 16.6. The summed E-state index contributed by atoms with van der Waals surface area (Å²) in [5, 5.41) is 2.60. The lowest BCUT2D eigenvalue weighted by atomic mass is 10.1. The Hall–Kier alpha value is -2.57. The van der Waals surface area contributed by atoms with E-state index in [9.17, 15) is 18.0 Å². The number of carbonyl (C=O) groups is 1. The highest BCUT2D eigenvalue weighted by atomic mass is 19.3. The number of aromatic nitrogens is 1. The van der Waals surface area contributed by atoms with Crippen molar-refractivity contribution in [1.82, 2.24) is 10.3 Å². The van der Waals surface area contributed by atoms with Gasteiger partial charge in [0.1, 0.15) is 11.5 Å². The predicted octanol–water partition coefficient (Wildman–Crippen LogP) is 3.60. The van der Waals surface area contributed by atoms with Crippen LogP contribution in [0.4, 0.5) is 23.7 Å². The van der Waals surface area contributed by atoms with Gasteiger partial charge in [-0.2, -0.15) is 8.78 Å². The molecule has 0 radical (unpaired) electrons. The fraction of sp³-hybridized carbons (Fsp3) is 0.250. The first-order valence-corrected chi connectivity index (χ1v) is 7.05. The van der Waals surface area contributed by atoms with E-state index in [-0.39, 0.29) is 5.69 Å². The Morgan fingerprint density at radius 3 is 2.87 bits per heavy atom. The summed E-state index contributed by atoms with van der Waals surface area (Å²) in [4.78, 5) is 17.0. The number of halogens is 3. The van der Waals surface area contributed by atoms with E-state index in [2.05, 4.69) is 10.3 Å². The third kappa shape index (κ3) is 2.86. The molecule has 0 bridgehead atoms. The third-order valence-electron chi connectivity index (χ3n) is 3.71. The minimum atomic E-state index is -3.18. The second kappa shape index (κ2) is 5.57. The summed E-state index contributed by atoms with van der Waals surface area (Å²) in [6.07, 6.45) is 1.27. The van der Waals surface area contributed by atoms with E-state index in [1.165, 1.54) is 36.5 Å². The molecule has 3 rings (SSSR count). The van der Waals surface area contributed by atoms with E-state index in [1.807, 2.05) is 0 Å². The highest BCUT2D eigenvalue weighted by molar-refractivity contribution is 5.94. The molecule has 1 aliphatic heterocycles. The molecule has 1 N–H and O–H groups in total. The number of alkyl halides is 2. The molecule has 0 fully saturated rings. The molecule has 2 heterocycles. The molecule has 0 aliphatic carbocycles. The Morgan fingerprint density at radius 1 is 1.35 bits per heavy atom. The first kappa shape index (κ1) is 15.3. The quantitative estimate of drug-likeness (QED) is 0.918. The number of rotatable bonds is 2. The lowest BCUT2D eigenvalue weighted by Crippen LogP contribution is -2.41. The van der Waals surface area contributed by atoms with Crippen LogP contribution in [0.2, 0.25) is 0 Å². The Kier molecular flexibility index (Phi) is 3.71. The zero-order valence-electron chi connectivity index (χ0n) is 12.3. The SMILES string of the molecule is CC(NC(=O)N1CC(F)(F)c2ncccc21)c1cccc(F)c1. The van der Waals surface area contributed by atoms with Crippen LogP contribution < -0.4 is 10.2 Å². The molecule has 1 aromatic heterocycles. The van der Waals surface area contributed by atoms with Gasteiger partial charge in [-0.25, -0.2) is 9.18 Å². The van der Waals surface area contributed by atoms with E-state index in [0.717, 1.165) is 4.90 Å². The molecule has 0 saturated carbocycles. The average molecular weight is 321 g/mol. The number of anilines is 1. The fourth-order valence-electron chi connectivity index (χ4n) is 2.56. The third-order valence-corrected chi connectivity index (χ3v) is 3.71. The molecule has 0 saturated heterocycles. The van der Waals surface area contributed by atoms with Gasteiger partial charge in [-0.3, -0.25) is 9.88 Å². The van der Waals surface area contributed by atoms with Crippen LogP contribution in [0.3, 0.4) is 0 Å². The minimum absolute atomic E-state index is 0.0847. The number of carbonyl (C=O) groups excluding carboxylic acids is 1. The number of urea groups is 1. The Bertz CT molecular complexity index is 751. The van der Waals surface area contributed by atoms with Gasteiger partial charge >= 0.3 is 12.0 Å². The van der Waals surface area contributed by atoms with Crippen LogP contribution >= 0.6 is 0 Å². The number of hydrogen-bond acceptors (Lipinski definition) is 2. The highest BCUT2D eigenvalue weighted by Crippen LogP contribution is 2.41. The van der Waals surface area contributed by atoms with Gasteiger partial charge in [0.25, 0.3) is 0 Å². The Labute approximate surface area is 130 Å².